The van der Waals surface area contributed by atoms with Crippen molar-refractivity contribution < 1.29 is 26.3 Å². The first-order valence-corrected chi connectivity index (χ1v) is 5.12. The summed E-state index contributed by atoms with van der Waals surface area (Å²) in [4.78, 5) is 0. The number of alkyl halides is 3. The van der Waals surface area contributed by atoms with Gasteiger partial charge < -0.3 is 0 Å². The van der Waals surface area contributed by atoms with Gasteiger partial charge in [-0.3, -0.25) is 0 Å². The molecule has 0 aromatic heterocycles. The van der Waals surface area contributed by atoms with Gasteiger partial charge >= 0.3 is 6.18 Å². The average molecular weight is 276 g/mol. The Hall–Kier alpha value is -1.98. The zero-order valence-electron chi connectivity index (χ0n) is 9.23. The van der Waals surface area contributed by atoms with Crippen LogP contribution in [0.5, 0.6) is 0 Å². The lowest BCUT2D eigenvalue weighted by Crippen LogP contribution is -2.08. The highest BCUT2D eigenvalue weighted by molar-refractivity contribution is 5.68. The van der Waals surface area contributed by atoms with Gasteiger partial charge in [-0.05, 0) is 29.8 Å². The van der Waals surface area contributed by atoms with Crippen LogP contribution < -0.4 is 0 Å². The van der Waals surface area contributed by atoms with Crippen molar-refractivity contribution in [1.82, 2.24) is 0 Å². The summed E-state index contributed by atoms with van der Waals surface area (Å²) >= 11 is 0. The van der Waals surface area contributed by atoms with Crippen LogP contribution in [-0.2, 0) is 6.18 Å². The maximum Gasteiger partial charge on any atom is 0.417 e. The normalized spacial score (nSPS) is 11.7. The number of hydrogen-bond donors (Lipinski definition) is 0. The Bertz CT molecular complexity index is 615. The average Bonchev–Trinajstić information content (AvgIpc) is 2.31. The number of benzene rings is 2. The number of hydrogen-bond acceptors (Lipinski definition) is 0. The highest BCUT2D eigenvalue weighted by atomic mass is 19.4. The summed E-state index contributed by atoms with van der Waals surface area (Å²) in [5, 5.41) is 0. The quantitative estimate of drug-likeness (QED) is 0.657. The second-order valence-corrected chi connectivity index (χ2v) is 3.79. The molecule has 0 unspecified atom stereocenters. The molecule has 0 spiro atoms. The van der Waals surface area contributed by atoms with Gasteiger partial charge in [-0.25, -0.2) is 13.2 Å². The Morgan fingerprint density at radius 2 is 1.42 bits per heavy atom. The van der Waals surface area contributed by atoms with E-state index in [4.69, 9.17) is 0 Å². The predicted octanol–water partition coefficient (Wildman–Crippen LogP) is 4.79. The zero-order valence-corrected chi connectivity index (χ0v) is 9.23. The van der Waals surface area contributed by atoms with Gasteiger partial charge in [0.1, 0.15) is 5.82 Å². The molecule has 0 atom stereocenters. The Kier molecular flexibility index (Phi) is 3.26. The second-order valence-electron chi connectivity index (χ2n) is 3.79. The van der Waals surface area contributed by atoms with Crippen molar-refractivity contribution in [3.8, 4) is 11.1 Å². The molecule has 6 heteroatoms. The van der Waals surface area contributed by atoms with E-state index in [2.05, 4.69) is 0 Å². The van der Waals surface area contributed by atoms with E-state index in [0.29, 0.717) is 18.2 Å². The molecule has 0 heterocycles. The van der Waals surface area contributed by atoms with Crippen LogP contribution in [0.15, 0.2) is 36.4 Å². The van der Waals surface area contributed by atoms with E-state index in [0.717, 1.165) is 18.2 Å². The maximum absolute atomic E-state index is 13.6. The third kappa shape index (κ3) is 2.57. The van der Waals surface area contributed by atoms with Gasteiger partial charge in [0.15, 0.2) is 11.6 Å². The Morgan fingerprint density at radius 1 is 0.737 bits per heavy atom. The molecule has 0 amide bonds. The van der Waals surface area contributed by atoms with Gasteiger partial charge in [-0.1, -0.05) is 12.1 Å². The van der Waals surface area contributed by atoms with E-state index >= 15 is 0 Å². The minimum absolute atomic E-state index is 0.371. The summed E-state index contributed by atoms with van der Waals surface area (Å²) in [6, 6.07) is 4.49. The van der Waals surface area contributed by atoms with Gasteiger partial charge in [0.25, 0.3) is 0 Å². The molecule has 0 aliphatic rings. The second kappa shape index (κ2) is 4.60. The molecular formula is C13H6F6. The SMILES string of the molecule is Fc1ccc(-c2c(F)cccc2C(F)(F)F)cc1F. The molecule has 0 radical (unpaired) electrons. The van der Waals surface area contributed by atoms with Crippen molar-refractivity contribution in [2.45, 2.75) is 6.18 Å². The molecule has 19 heavy (non-hydrogen) atoms. The molecule has 100 valence electrons. The van der Waals surface area contributed by atoms with Crippen molar-refractivity contribution in [2.75, 3.05) is 0 Å². The fraction of sp³-hybridized carbons (Fsp3) is 0.0769. The molecule has 0 N–H and O–H groups in total. The van der Waals surface area contributed by atoms with Crippen molar-refractivity contribution in [2.24, 2.45) is 0 Å². The van der Waals surface area contributed by atoms with Gasteiger partial charge in [0.2, 0.25) is 0 Å². The lowest BCUT2D eigenvalue weighted by Gasteiger charge is -2.13. The summed E-state index contributed by atoms with van der Waals surface area (Å²) in [6.07, 6.45) is -4.79. The summed E-state index contributed by atoms with van der Waals surface area (Å²) in [7, 11) is 0. The summed E-state index contributed by atoms with van der Waals surface area (Å²) < 4.78 is 77.7. The smallest absolute Gasteiger partial charge is 0.206 e. The van der Waals surface area contributed by atoms with Crippen LogP contribution in [0.1, 0.15) is 5.56 Å². The van der Waals surface area contributed by atoms with Crippen LogP contribution in [0.4, 0.5) is 26.3 Å². The molecule has 2 aromatic rings. The molecule has 0 bridgehead atoms. The van der Waals surface area contributed by atoms with Crippen LogP contribution in [-0.4, -0.2) is 0 Å². The van der Waals surface area contributed by atoms with E-state index in [-0.39, 0.29) is 5.56 Å². The van der Waals surface area contributed by atoms with Gasteiger partial charge in [0.05, 0.1) is 5.56 Å². The topological polar surface area (TPSA) is 0 Å². The van der Waals surface area contributed by atoms with Gasteiger partial charge in [-0.2, -0.15) is 13.2 Å². The maximum atomic E-state index is 13.6. The van der Waals surface area contributed by atoms with Crippen LogP contribution in [0.25, 0.3) is 11.1 Å². The Labute approximate surface area is 104 Å². The van der Waals surface area contributed by atoms with E-state index in [1.54, 1.807) is 0 Å². The molecule has 0 saturated heterocycles. The highest BCUT2D eigenvalue weighted by Gasteiger charge is 2.35. The van der Waals surface area contributed by atoms with Crippen LogP contribution in [0.2, 0.25) is 0 Å². The Balaban J connectivity index is 2.70. The molecule has 0 aliphatic carbocycles. The molecule has 0 nitrogen and oxygen atoms in total. The van der Waals surface area contributed by atoms with Gasteiger partial charge in [-0.15, -0.1) is 0 Å². The lowest BCUT2D eigenvalue weighted by molar-refractivity contribution is -0.137. The number of rotatable bonds is 1. The van der Waals surface area contributed by atoms with E-state index < -0.39 is 34.8 Å². The van der Waals surface area contributed by atoms with Crippen molar-refractivity contribution in [1.29, 1.82) is 0 Å². The molecular weight excluding hydrogens is 270 g/mol. The van der Waals surface area contributed by atoms with E-state index in [1.165, 1.54) is 0 Å². The third-order valence-corrected chi connectivity index (χ3v) is 2.53. The first-order valence-electron chi connectivity index (χ1n) is 5.12. The number of halogens is 6. The summed E-state index contributed by atoms with van der Waals surface area (Å²) in [5.74, 6) is -3.71. The standard InChI is InChI=1S/C13H6F6/c14-9-5-4-7(6-11(9)16)12-8(13(17,18)19)2-1-3-10(12)15/h1-6H. The molecule has 2 aromatic carbocycles. The van der Waals surface area contributed by atoms with Crippen LogP contribution in [0.3, 0.4) is 0 Å². The van der Waals surface area contributed by atoms with E-state index in [9.17, 15) is 26.3 Å². The fourth-order valence-corrected chi connectivity index (χ4v) is 1.71. The minimum Gasteiger partial charge on any atom is -0.206 e. The molecule has 0 aliphatic heterocycles. The van der Waals surface area contributed by atoms with Crippen molar-refractivity contribution in [3.05, 3.63) is 59.4 Å². The molecule has 2 rings (SSSR count). The van der Waals surface area contributed by atoms with Crippen LogP contribution >= 0.6 is 0 Å². The molecule has 0 fully saturated rings. The minimum atomic E-state index is -4.79. The van der Waals surface area contributed by atoms with Gasteiger partial charge in [0, 0.05) is 5.56 Å². The van der Waals surface area contributed by atoms with Crippen molar-refractivity contribution >= 4 is 0 Å². The van der Waals surface area contributed by atoms with Crippen LogP contribution in [0, 0.1) is 17.5 Å². The molecule has 0 saturated carbocycles. The lowest BCUT2D eigenvalue weighted by atomic mass is 9.98. The summed E-state index contributed by atoms with van der Waals surface area (Å²) in [6.45, 7) is 0. The fourth-order valence-electron chi connectivity index (χ4n) is 1.71. The highest BCUT2D eigenvalue weighted by Crippen LogP contribution is 2.38. The first-order chi connectivity index (χ1) is 8.80. The monoisotopic (exact) mass is 276 g/mol. The largest absolute Gasteiger partial charge is 0.417 e. The third-order valence-electron chi connectivity index (χ3n) is 2.53. The first kappa shape index (κ1) is 13.5. The van der Waals surface area contributed by atoms with E-state index in [1.807, 2.05) is 0 Å². The van der Waals surface area contributed by atoms with Crippen molar-refractivity contribution in [3.63, 3.8) is 0 Å². The predicted molar refractivity (Wildman–Crippen MR) is 56.8 cm³/mol. The Morgan fingerprint density at radius 3 is 2.00 bits per heavy atom. The zero-order chi connectivity index (χ0) is 14.2. The summed E-state index contributed by atoms with van der Waals surface area (Å²) in [5.41, 5.74) is -2.41.